The summed E-state index contributed by atoms with van der Waals surface area (Å²) in [6.07, 6.45) is -2.81. The van der Waals surface area contributed by atoms with Gasteiger partial charge in [0.25, 0.3) is 0 Å². The number of hydrogen-bond donors (Lipinski definition) is 3. The Kier molecular flexibility index (Phi) is 9.36. The zero-order chi connectivity index (χ0) is 28.9. The molecule has 4 N–H and O–H groups in total. The number of thioether (sulfide) groups is 1. The zero-order valence-corrected chi connectivity index (χ0v) is 23.0. The van der Waals surface area contributed by atoms with E-state index in [2.05, 4.69) is 25.2 Å². The lowest BCUT2D eigenvalue weighted by Gasteiger charge is -2.13. The highest BCUT2D eigenvalue weighted by molar-refractivity contribution is 8.14. The number of rotatable bonds is 7. The summed E-state index contributed by atoms with van der Waals surface area (Å²) in [7, 11) is 0. The Labute approximate surface area is 241 Å². The highest BCUT2D eigenvalue weighted by Gasteiger charge is 2.40. The van der Waals surface area contributed by atoms with Gasteiger partial charge in [-0.1, -0.05) is 58.6 Å². The number of amidine groups is 2. The summed E-state index contributed by atoms with van der Waals surface area (Å²) in [6, 6.07) is 17.2. The number of hydrazone groups is 1. The maximum absolute atomic E-state index is 12.3. The number of halogens is 5. The fourth-order valence-electron chi connectivity index (χ4n) is 3.53. The average Bonchev–Trinajstić information content (AvgIpc) is 3.17. The Balaban J connectivity index is 1.40. The van der Waals surface area contributed by atoms with Gasteiger partial charge >= 0.3 is 11.5 Å². The van der Waals surface area contributed by atoms with E-state index in [1.807, 2.05) is 6.92 Å². The van der Waals surface area contributed by atoms with E-state index in [9.17, 15) is 18.3 Å². The van der Waals surface area contributed by atoms with Crippen LogP contribution >= 0.6 is 35.0 Å². The van der Waals surface area contributed by atoms with Crippen LogP contribution in [0.1, 0.15) is 18.1 Å². The fourth-order valence-corrected chi connectivity index (χ4v) is 5.12. The molecule has 0 radical (unpaired) electrons. The summed E-state index contributed by atoms with van der Waals surface area (Å²) < 4.78 is 42.2. The van der Waals surface area contributed by atoms with E-state index < -0.39 is 12.6 Å². The first kappa shape index (κ1) is 29.4. The number of hydrogen-bond acceptors (Lipinski definition) is 6. The molecule has 0 saturated heterocycles. The van der Waals surface area contributed by atoms with E-state index in [-0.39, 0.29) is 16.8 Å². The second kappa shape index (κ2) is 12.7. The lowest BCUT2D eigenvalue weighted by atomic mass is 10.1. The largest absolute Gasteiger partial charge is 0.573 e. The van der Waals surface area contributed by atoms with Gasteiger partial charge in [-0.2, -0.15) is 4.58 Å². The predicted octanol–water partition coefficient (Wildman–Crippen LogP) is 6.03. The van der Waals surface area contributed by atoms with Gasteiger partial charge in [-0.05, 0) is 60.6 Å². The van der Waals surface area contributed by atoms with Crippen molar-refractivity contribution in [3.63, 3.8) is 0 Å². The number of nitrogens with two attached hydrogens (primary N) is 1. The summed E-state index contributed by atoms with van der Waals surface area (Å²) >= 11 is 14.1. The number of nitrogens with zero attached hydrogens (tertiary/aromatic N) is 4. The zero-order valence-electron chi connectivity index (χ0n) is 20.7. The molecule has 1 heterocycles. The Bertz CT molecular complexity index is 1460. The molecule has 2 unspecified atom stereocenters. The van der Waals surface area contributed by atoms with Crippen molar-refractivity contribution < 1.29 is 27.6 Å². The van der Waals surface area contributed by atoms with Crippen molar-refractivity contribution >= 4 is 69.9 Å². The molecular formula is C26H22Cl2F3N6O2S+. The molecule has 0 bridgehead atoms. The van der Waals surface area contributed by atoms with Gasteiger partial charge in [-0.25, -0.2) is 9.98 Å². The molecule has 0 saturated carbocycles. The number of benzene rings is 3. The van der Waals surface area contributed by atoms with E-state index >= 15 is 0 Å². The van der Waals surface area contributed by atoms with Gasteiger partial charge in [-0.15, -0.1) is 18.6 Å². The Hall–Kier alpha value is -3.58. The number of alkyl halides is 3. The molecule has 14 heteroatoms. The van der Waals surface area contributed by atoms with Crippen molar-refractivity contribution in [2.75, 3.05) is 0 Å². The molecule has 3 aromatic carbocycles. The normalized spacial score (nSPS) is 18.2. The summed E-state index contributed by atoms with van der Waals surface area (Å²) in [5.74, 6) is -0.154. The van der Waals surface area contributed by atoms with Crippen LogP contribution < -0.4 is 15.9 Å². The van der Waals surface area contributed by atoms with E-state index in [0.717, 1.165) is 17.7 Å². The van der Waals surface area contributed by atoms with Crippen molar-refractivity contribution in [1.82, 2.24) is 5.43 Å². The van der Waals surface area contributed by atoms with Crippen LogP contribution in [-0.2, 0) is 0 Å². The van der Waals surface area contributed by atoms with Gasteiger partial charge in [0, 0.05) is 5.56 Å². The molecule has 1 aliphatic rings. The number of para-hydroxylation sites is 1. The van der Waals surface area contributed by atoms with Crippen LogP contribution in [0.3, 0.4) is 0 Å². The molecule has 0 amide bonds. The first-order valence-electron chi connectivity index (χ1n) is 11.6. The second-order valence-electron chi connectivity index (χ2n) is 8.27. The minimum Gasteiger partial charge on any atom is -0.406 e. The molecule has 8 nitrogen and oxygen atoms in total. The number of aliphatic hydroxyl groups is 1. The minimum absolute atomic E-state index is 0.155. The molecule has 0 fully saturated rings. The van der Waals surface area contributed by atoms with Crippen molar-refractivity contribution in [1.29, 1.82) is 0 Å². The average molecular weight is 610 g/mol. The first-order valence-corrected chi connectivity index (χ1v) is 13.2. The lowest BCUT2D eigenvalue weighted by molar-refractivity contribution is -0.530. The second-order valence-corrected chi connectivity index (χ2v) is 10.5. The molecule has 4 rings (SSSR count). The quantitative estimate of drug-likeness (QED) is 0.131. The predicted molar refractivity (Wildman–Crippen MR) is 154 cm³/mol. The summed E-state index contributed by atoms with van der Waals surface area (Å²) in [5, 5.41) is 16.2. The highest BCUT2D eigenvalue weighted by atomic mass is 35.5. The standard InChI is InChI=1S/C26H21Cl2F3N6O2S/c1-15-24(38)37(22-20(27)3-2-4-21(22)28)25(40-15)36-35-13-16-5-7-17(8-6-16)23(32)34-14-33-18-9-11-19(12-10-18)39-26(29,30)31/h2-15,24,38H,1H3,(H2,32,33,34)/p+1/b35-13+. The Morgan fingerprint density at radius 2 is 1.73 bits per heavy atom. The van der Waals surface area contributed by atoms with Gasteiger partial charge in [0.2, 0.25) is 6.23 Å². The SMILES string of the molecule is CC1SC(N/N=C/c2ccc(C(N)=NC=Nc3ccc(OC(F)(F)F)cc3)cc2)=[N+](c2c(Cl)cccc2Cl)C1O. The van der Waals surface area contributed by atoms with E-state index in [4.69, 9.17) is 28.9 Å². The third-order valence-electron chi connectivity index (χ3n) is 5.43. The van der Waals surface area contributed by atoms with Crippen LogP contribution in [0.25, 0.3) is 0 Å². The van der Waals surface area contributed by atoms with Crippen molar-refractivity contribution in [2.24, 2.45) is 20.8 Å². The third kappa shape index (κ3) is 7.54. The molecule has 1 aliphatic heterocycles. The molecule has 40 heavy (non-hydrogen) atoms. The van der Waals surface area contributed by atoms with Gasteiger partial charge in [-0.3, -0.25) is 0 Å². The summed E-state index contributed by atoms with van der Waals surface area (Å²) in [4.78, 5) is 8.12. The topological polar surface area (TPSA) is 108 Å². The minimum atomic E-state index is -4.76. The van der Waals surface area contributed by atoms with Crippen LogP contribution in [-0.4, -0.2) is 51.1 Å². The fraction of sp³-hybridized carbons (Fsp3) is 0.154. The summed E-state index contributed by atoms with van der Waals surface area (Å²) in [5.41, 5.74) is 11.2. The Morgan fingerprint density at radius 3 is 2.35 bits per heavy atom. The maximum Gasteiger partial charge on any atom is 0.573 e. The van der Waals surface area contributed by atoms with Crippen molar-refractivity contribution in [3.05, 3.63) is 87.9 Å². The van der Waals surface area contributed by atoms with E-state index in [1.165, 1.54) is 30.2 Å². The first-order chi connectivity index (χ1) is 19.0. The van der Waals surface area contributed by atoms with Crippen molar-refractivity contribution in [3.8, 4) is 5.75 Å². The molecule has 0 spiro atoms. The van der Waals surface area contributed by atoms with Gasteiger partial charge in [0.05, 0.1) is 27.2 Å². The number of aliphatic hydroxyl groups excluding tert-OH is 1. The number of aliphatic imine (C=N–C) groups is 2. The molecule has 3 aromatic rings. The number of ether oxygens (including phenoxy) is 1. The maximum atomic E-state index is 12.3. The molecular weight excluding hydrogens is 588 g/mol. The van der Waals surface area contributed by atoms with Crippen LogP contribution in [0.4, 0.5) is 24.5 Å². The van der Waals surface area contributed by atoms with Crippen LogP contribution in [0.5, 0.6) is 5.75 Å². The van der Waals surface area contributed by atoms with E-state index in [1.54, 1.807) is 53.3 Å². The summed E-state index contributed by atoms with van der Waals surface area (Å²) in [6.45, 7) is 1.88. The van der Waals surface area contributed by atoms with Gasteiger partial charge in [0.15, 0.2) is 5.69 Å². The van der Waals surface area contributed by atoms with Crippen LogP contribution in [0.2, 0.25) is 10.0 Å². The smallest absolute Gasteiger partial charge is 0.406 e. The molecule has 2 atom stereocenters. The third-order valence-corrected chi connectivity index (χ3v) is 7.17. The van der Waals surface area contributed by atoms with Crippen LogP contribution in [0.15, 0.2) is 81.8 Å². The number of nitrogens with one attached hydrogen (secondary N) is 1. The van der Waals surface area contributed by atoms with Gasteiger partial charge < -0.3 is 15.6 Å². The Morgan fingerprint density at radius 1 is 1.07 bits per heavy atom. The molecule has 208 valence electrons. The molecule has 0 aromatic heterocycles. The van der Waals surface area contributed by atoms with Crippen LogP contribution in [0, 0.1) is 0 Å². The van der Waals surface area contributed by atoms with Gasteiger partial charge in [0.1, 0.15) is 17.9 Å². The lowest BCUT2D eigenvalue weighted by Crippen LogP contribution is -2.29. The monoisotopic (exact) mass is 609 g/mol. The van der Waals surface area contributed by atoms with Crippen molar-refractivity contribution in [2.45, 2.75) is 24.8 Å². The molecule has 0 aliphatic carbocycles. The van der Waals surface area contributed by atoms with E-state index in [0.29, 0.717) is 32.2 Å². The highest BCUT2D eigenvalue weighted by Crippen LogP contribution is 2.38.